The van der Waals surface area contributed by atoms with Crippen LogP contribution in [0.5, 0.6) is 5.75 Å². The predicted octanol–water partition coefficient (Wildman–Crippen LogP) is 6.51. The van der Waals surface area contributed by atoms with Crippen molar-refractivity contribution < 1.29 is 14.3 Å². The molecular weight excluding hydrogens is 498 g/mol. The van der Waals surface area contributed by atoms with Gasteiger partial charge in [0.2, 0.25) is 0 Å². The quantitative estimate of drug-likeness (QED) is 0.380. The smallest absolute Gasteiger partial charge is 0.328 e. The summed E-state index contributed by atoms with van der Waals surface area (Å²) in [5.74, 6) is 1.32. The standard InChI is InChI=1S/C34H45N3O3/c1-23-28(36(5)34(19-20-35-22-34)32(38)40-33(2,3)4)21-37-27-17-11-9-15-25(27)30(24-13-7-6-8-14-24)31(37)26-16-10-12-18-29(26)39-23/h9-12,15-18,23-24,28,35H,6-8,13-14,19-22H2,1-5H3/t23?,28-,34+/m1/s1. The number of nitrogens with zero attached hydrogens (tertiary/aromatic N) is 2. The van der Waals surface area contributed by atoms with Gasteiger partial charge in [-0.2, -0.15) is 0 Å². The Bertz CT molecular complexity index is 1370. The number of aromatic nitrogens is 1. The van der Waals surface area contributed by atoms with Crippen LogP contribution in [-0.4, -0.2) is 58.9 Å². The van der Waals surface area contributed by atoms with Crippen LogP contribution in [0.25, 0.3) is 22.2 Å². The summed E-state index contributed by atoms with van der Waals surface area (Å²) < 4.78 is 15.4. The second kappa shape index (κ2) is 10.5. The molecule has 3 aliphatic rings. The van der Waals surface area contributed by atoms with E-state index in [1.807, 2.05) is 20.8 Å². The Morgan fingerprint density at radius 1 is 1.07 bits per heavy atom. The molecular formula is C34H45N3O3. The zero-order valence-electron chi connectivity index (χ0n) is 24.8. The Morgan fingerprint density at radius 3 is 2.52 bits per heavy atom. The molecule has 214 valence electrons. The van der Waals surface area contributed by atoms with Crippen molar-refractivity contribution in [3.05, 3.63) is 54.1 Å². The summed E-state index contributed by atoms with van der Waals surface area (Å²) in [7, 11) is 2.10. The molecule has 40 heavy (non-hydrogen) atoms. The molecule has 0 spiro atoms. The van der Waals surface area contributed by atoms with Crippen LogP contribution in [0.15, 0.2) is 48.5 Å². The molecule has 0 amide bonds. The fourth-order valence-corrected chi connectivity index (χ4v) is 7.42. The minimum Gasteiger partial charge on any atom is -0.488 e. The van der Waals surface area contributed by atoms with E-state index in [9.17, 15) is 4.79 Å². The third kappa shape index (κ3) is 4.73. The fourth-order valence-electron chi connectivity index (χ4n) is 7.42. The number of fused-ring (bicyclic) bond motifs is 5. The average Bonchev–Trinajstić information content (AvgIpc) is 3.55. The maximum Gasteiger partial charge on any atom is 0.328 e. The number of hydrogen-bond acceptors (Lipinski definition) is 5. The van der Waals surface area contributed by atoms with Gasteiger partial charge in [0, 0.05) is 29.6 Å². The number of nitrogens with one attached hydrogen (secondary N) is 1. The maximum absolute atomic E-state index is 13.8. The number of carbonyl (C=O) groups is 1. The molecule has 2 aromatic carbocycles. The summed E-state index contributed by atoms with van der Waals surface area (Å²) in [5, 5.41) is 4.82. The molecule has 6 nitrogen and oxygen atoms in total. The first kappa shape index (κ1) is 27.3. The van der Waals surface area contributed by atoms with Crippen molar-refractivity contribution in [2.45, 2.75) is 102 Å². The minimum atomic E-state index is -0.746. The molecule has 0 radical (unpaired) electrons. The Hall–Kier alpha value is -2.83. The van der Waals surface area contributed by atoms with E-state index in [0.29, 0.717) is 18.9 Å². The molecule has 0 bridgehead atoms. The van der Waals surface area contributed by atoms with Crippen LogP contribution in [0.1, 0.15) is 77.7 Å². The molecule has 1 N–H and O–H groups in total. The molecule has 2 fully saturated rings. The highest BCUT2D eigenvalue weighted by atomic mass is 16.6. The number of para-hydroxylation sites is 2. The highest BCUT2D eigenvalue weighted by Crippen LogP contribution is 2.47. The topological polar surface area (TPSA) is 55.7 Å². The number of carbonyl (C=O) groups excluding carboxylic acids is 1. The second-order valence-corrected chi connectivity index (χ2v) is 13.2. The molecule has 1 saturated heterocycles. The lowest BCUT2D eigenvalue weighted by Gasteiger charge is -2.45. The van der Waals surface area contributed by atoms with Gasteiger partial charge < -0.3 is 19.4 Å². The molecule has 3 heterocycles. The van der Waals surface area contributed by atoms with Crippen molar-refractivity contribution in [1.29, 1.82) is 0 Å². The molecule has 6 heteroatoms. The van der Waals surface area contributed by atoms with E-state index in [1.54, 1.807) is 0 Å². The normalized spacial score (nSPS) is 25.6. The van der Waals surface area contributed by atoms with Crippen LogP contribution < -0.4 is 10.1 Å². The molecule has 1 aliphatic carbocycles. The van der Waals surface area contributed by atoms with Crippen LogP contribution in [0.3, 0.4) is 0 Å². The Kier molecular flexibility index (Phi) is 7.20. The van der Waals surface area contributed by atoms with Crippen LogP contribution >= 0.6 is 0 Å². The van der Waals surface area contributed by atoms with E-state index in [2.05, 4.69) is 77.3 Å². The first-order valence-electron chi connectivity index (χ1n) is 15.2. The fraction of sp³-hybridized carbons (Fsp3) is 0.559. The van der Waals surface area contributed by atoms with Gasteiger partial charge in [0.25, 0.3) is 0 Å². The van der Waals surface area contributed by atoms with Crippen molar-refractivity contribution in [3.63, 3.8) is 0 Å². The van der Waals surface area contributed by atoms with Gasteiger partial charge in [-0.3, -0.25) is 4.90 Å². The van der Waals surface area contributed by atoms with Gasteiger partial charge in [0.15, 0.2) is 0 Å². The van der Waals surface area contributed by atoms with E-state index in [1.165, 1.54) is 59.8 Å². The summed E-state index contributed by atoms with van der Waals surface area (Å²) in [6.45, 7) is 10.1. The summed E-state index contributed by atoms with van der Waals surface area (Å²) in [6.07, 6.45) is 6.94. The van der Waals surface area contributed by atoms with Crippen molar-refractivity contribution in [2.24, 2.45) is 0 Å². The lowest BCUT2D eigenvalue weighted by molar-refractivity contribution is -0.171. The molecule has 3 aromatic rings. The summed E-state index contributed by atoms with van der Waals surface area (Å²) >= 11 is 0. The van der Waals surface area contributed by atoms with Crippen LogP contribution in [0.4, 0.5) is 0 Å². The number of benzene rings is 2. The van der Waals surface area contributed by atoms with E-state index in [-0.39, 0.29) is 18.1 Å². The largest absolute Gasteiger partial charge is 0.488 e. The molecule has 6 rings (SSSR count). The zero-order valence-corrected chi connectivity index (χ0v) is 24.8. The van der Waals surface area contributed by atoms with Gasteiger partial charge in [-0.05, 0) is 90.2 Å². The third-order valence-electron chi connectivity index (χ3n) is 9.47. The van der Waals surface area contributed by atoms with Gasteiger partial charge >= 0.3 is 5.97 Å². The van der Waals surface area contributed by atoms with Gasteiger partial charge in [-0.15, -0.1) is 0 Å². The van der Waals surface area contributed by atoms with E-state index in [4.69, 9.17) is 9.47 Å². The highest BCUT2D eigenvalue weighted by molar-refractivity contribution is 5.94. The SMILES string of the molecule is CC1Oc2ccccc2-c2c(C3CCCCC3)c3ccccc3n2C[C@H]1N(C)[C@@]1(C(=O)OC(C)(C)C)CCNC1. The number of ether oxygens (including phenoxy) is 2. The molecule has 1 unspecified atom stereocenters. The van der Waals surface area contributed by atoms with Gasteiger partial charge in [-0.1, -0.05) is 49.6 Å². The van der Waals surface area contributed by atoms with E-state index in [0.717, 1.165) is 18.8 Å². The van der Waals surface area contributed by atoms with E-state index < -0.39 is 11.1 Å². The zero-order chi connectivity index (χ0) is 28.1. The van der Waals surface area contributed by atoms with Crippen molar-refractivity contribution in [2.75, 3.05) is 20.1 Å². The maximum atomic E-state index is 13.8. The van der Waals surface area contributed by atoms with Gasteiger partial charge in [-0.25, -0.2) is 4.79 Å². The number of esters is 1. The Morgan fingerprint density at radius 2 is 1.80 bits per heavy atom. The summed E-state index contributed by atoms with van der Waals surface area (Å²) in [6, 6.07) is 17.4. The van der Waals surface area contributed by atoms with Crippen LogP contribution in [0.2, 0.25) is 0 Å². The van der Waals surface area contributed by atoms with Crippen molar-refractivity contribution in [3.8, 4) is 17.0 Å². The lowest BCUT2D eigenvalue weighted by Crippen LogP contribution is -2.63. The first-order valence-corrected chi connectivity index (χ1v) is 15.2. The summed E-state index contributed by atoms with van der Waals surface area (Å²) in [5.41, 5.74) is 3.93. The summed E-state index contributed by atoms with van der Waals surface area (Å²) in [4.78, 5) is 16.1. The molecule has 1 saturated carbocycles. The predicted molar refractivity (Wildman–Crippen MR) is 161 cm³/mol. The third-order valence-corrected chi connectivity index (χ3v) is 9.47. The van der Waals surface area contributed by atoms with Crippen molar-refractivity contribution in [1.82, 2.24) is 14.8 Å². The molecule has 1 aromatic heterocycles. The molecule has 3 atom stereocenters. The highest BCUT2D eigenvalue weighted by Gasteiger charge is 2.51. The van der Waals surface area contributed by atoms with E-state index >= 15 is 0 Å². The monoisotopic (exact) mass is 543 g/mol. The average molecular weight is 544 g/mol. The lowest BCUT2D eigenvalue weighted by atomic mass is 9.81. The van der Waals surface area contributed by atoms with Crippen molar-refractivity contribution >= 4 is 16.9 Å². The van der Waals surface area contributed by atoms with Crippen LogP contribution in [-0.2, 0) is 16.1 Å². The number of hydrogen-bond donors (Lipinski definition) is 1. The Labute approximate surface area is 239 Å². The number of likely N-dealkylation sites (N-methyl/N-ethyl adjacent to an activating group) is 1. The van der Waals surface area contributed by atoms with Gasteiger partial charge in [0.1, 0.15) is 23.0 Å². The van der Waals surface area contributed by atoms with Gasteiger partial charge in [0.05, 0.1) is 11.7 Å². The first-order chi connectivity index (χ1) is 19.2. The minimum absolute atomic E-state index is 0.0467. The van der Waals surface area contributed by atoms with Crippen LogP contribution in [0, 0.1) is 0 Å². The molecule has 2 aliphatic heterocycles. The second-order valence-electron chi connectivity index (χ2n) is 13.2. The number of rotatable bonds is 4. The Balaban J connectivity index is 1.51.